The Hall–Kier alpha value is -3.86. The molecule has 2 heterocycles. The third-order valence-corrected chi connectivity index (χ3v) is 5.10. The number of amides is 1. The van der Waals surface area contributed by atoms with Gasteiger partial charge in [-0.05, 0) is 49.2 Å². The van der Waals surface area contributed by atoms with Gasteiger partial charge in [0.1, 0.15) is 12.4 Å². The number of pyridine rings is 1. The van der Waals surface area contributed by atoms with E-state index in [1.807, 2.05) is 18.2 Å². The number of piperidine rings is 1. The molecule has 1 fully saturated rings. The van der Waals surface area contributed by atoms with Crippen molar-refractivity contribution in [1.82, 2.24) is 10.3 Å². The summed E-state index contributed by atoms with van der Waals surface area (Å²) in [4.78, 5) is 29.5. The van der Waals surface area contributed by atoms with Crippen LogP contribution in [-0.2, 0) is 9.59 Å². The summed E-state index contributed by atoms with van der Waals surface area (Å²) in [5.74, 6) is -0.696. The molecule has 1 saturated heterocycles. The Labute approximate surface area is 180 Å². The Balaban J connectivity index is 1.46. The second-order valence-corrected chi connectivity index (χ2v) is 7.14. The average molecular weight is 420 g/mol. The van der Waals surface area contributed by atoms with E-state index in [0.717, 1.165) is 37.7 Å². The van der Waals surface area contributed by atoms with Crippen LogP contribution in [0.5, 0.6) is 5.75 Å². The number of anilines is 1. The van der Waals surface area contributed by atoms with Crippen molar-refractivity contribution in [3.63, 3.8) is 0 Å². The molecular weight excluding hydrogens is 396 g/mol. The van der Waals surface area contributed by atoms with E-state index < -0.39 is 5.97 Å². The van der Waals surface area contributed by atoms with Gasteiger partial charge in [-0.3, -0.25) is 9.78 Å². The number of hydrogen-bond acceptors (Lipinski definition) is 6. The number of carboxylic acid groups (broad SMARTS) is 1. The maximum Gasteiger partial charge on any atom is 0.328 e. The number of nitriles is 1. The monoisotopic (exact) mass is 420 g/mol. The lowest BCUT2D eigenvalue weighted by Gasteiger charge is -2.32. The van der Waals surface area contributed by atoms with E-state index in [1.165, 1.54) is 6.08 Å². The van der Waals surface area contributed by atoms with Gasteiger partial charge in [0.15, 0.2) is 0 Å². The van der Waals surface area contributed by atoms with E-state index in [2.05, 4.69) is 15.2 Å². The molecule has 1 aliphatic rings. The van der Waals surface area contributed by atoms with Crippen LogP contribution < -0.4 is 15.0 Å². The fraction of sp³-hybridized carbons (Fsp3) is 0.304. The lowest BCUT2D eigenvalue weighted by Crippen LogP contribution is -2.41. The molecule has 31 heavy (non-hydrogen) atoms. The zero-order chi connectivity index (χ0) is 22.1. The van der Waals surface area contributed by atoms with E-state index >= 15 is 0 Å². The van der Waals surface area contributed by atoms with Crippen LogP contribution in [-0.4, -0.2) is 48.2 Å². The Morgan fingerprint density at radius 1 is 1.26 bits per heavy atom. The number of carbonyl (C=O) groups excluding carboxylic acids is 1. The summed E-state index contributed by atoms with van der Waals surface area (Å²) in [5.41, 5.74) is 2.08. The second kappa shape index (κ2) is 10.8. The summed E-state index contributed by atoms with van der Waals surface area (Å²) in [6, 6.07) is 10.7. The van der Waals surface area contributed by atoms with Crippen LogP contribution in [0.4, 0.5) is 5.69 Å². The smallest absolute Gasteiger partial charge is 0.328 e. The molecule has 8 heteroatoms. The van der Waals surface area contributed by atoms with Crippen LogP contribution in [0.2, 0.25) is 0 Å². The highest BCUT2D eigenvalue weighted by Gasteiger charge is 2.24. The number of aromatic nitrogens is 1. The van der Waals surface area contributed by atoms with Gasteiger partial charge in [0.25, 0.3) is 0 Å². The van der Waals surface area contributed by atoms with Gasteiger partial charge in [-0.15, -0.1) is 0 Å². The maximum absolute atomic E-state index is 12.5. The first-order chi connectivity index (χ1) is 15.1. The van der Waals surface area contributed by atoms with Gasteiger partial charge >= 0.3 is 5.97 Å². The summed E-state index contributed by atoms with van der Waals surface area (Å²) < 4.78 is 5.70. The molecule has 1 amide bonds. The van der Waals surface area contributed by atoms with Crippen molar-refractivity contribution in [3.8, 4) is 11.8 Å². The summed E-state index contributed by atoms with van der Waals surface area (Å²) in [6.07, 6.45) is 7.52. The number of rotatable bonds is 8. The predicted octanol–water partition coefficient (Wildman–Crippen LogP) is 2.46. The van der Waals surface area contributed by atoms with Crippen molar-refractivity contribution in [3.05, 3.63) is 59.9 Å². The van der Waals surface area contributed by atoms with E-state index in [9.17, 15) is 9.59 Å². The SMILES string of the molecule is N#Cc1ccc(C=CC(=O)O)c(OCCNC(=O)C2CCN(c3ccncc3)CC2)c1. The lowest BCUT2D eigenvalue weighted by atomic mass is 9.95. The van der Waals surface area contributed by atoms with E-state index in [1.54, 1.807) is 30.6 Å². The molecule has 3 rings (SSSR count). The zero-order valence-corrected chi connectivity index (χ0v) is 17.0. The molecule has 0 unspecified atom stereocenters. The van der Waals surface area contributed by atoms with Gasteiger partial charge < -0.3 is 20.1 Å². The lowest BCUT2D eigenvalue weighted by molar-refractivity contribution is -0.131. The molecular formula is C23H24N4O4. The predicted molar refractivity (Wildman–Crippen MR) is 116 cm³/mol. The summed E-state index contributed by atoms with van der Waals surface area (Å²) in [6.45, 7) is 2.17. The zero-order valence-electron chi connectivity index (χ0n) is 17.0. The highest BCUT2D eigenvalue weighted by Crippen LogP contribution is 2.23. The number of carboxylic acids is 1. The van der Waals surface area contributed by atoms with Gasteiger partial charge in [0.2, 0.25) is 5.91 Å². The number of carbonyl (C=O) groups is 2. The Bertz CT molecular complexity index is 977. The van der Waals surface area contributed by atoms with Gasteiger partial charge in [-0.2, -0.15) is 5.26 Å². The third kappa shape index (κ3) is 6.31. The molecule has 1 aromatic heterocycles. The van der Waals surface area contributed by atoms with Gasteiger partial charge in [0, 0.05) is 48.7 Å². The largest absolute Gasteiger partial charge is 0.491 e. The fourth-order valence-corrected chi connectivity index (χ4v) is 3.46. The number of aliphatic carboxylic acids is 1. The minimum Gasteiger partial charge on any atom is -0.491 e. The number of nitrogens with one attached hydrogen (secondary N) is 1. The van der Waals surface area contributed by atoms with Crippen molar-refractivity contribution in [2.75, 3.05) is 31.1 Å². The topological polar surface area (TPSA) is 116 Å². The summed E-state index contributed by atoms with van der Waals surface area (Å²) >= 11 is 0. The molecule has 1 aliphatic heterocycles. The highest BCUT2D eigenvalue weighted by molar-refractivity contribution is 5.86. The molecule has 2 aromatic rings. The quantitative estimate of drug-likeness (QED) is 0.498. The summed E-state index contributed by atoms with van der Waals surface area (Å²) in [5, 5.41) is 20.8. The van der Waals surface area contributed by atoms with E-state index in [0.29, 0.717) is 23.4 Å². The van der Waals surface area contributed by atoms with Crippen LogP contribution in [0, 0.1) is 17.2 Å². The van der Waals surface area contributed by atoms with Crippen LogP contribution in [0.3, 0.4) is 0 Å². The van der Waals surface area contributed by atoms with Crippen molar-refractivity contribution in [2.24, 2.45) is 5.92 Å². The standard InChI is InChI=1S/C23H24N4O4/c24-16-17-1-2-18(3-4-22(28)29)21(15-17)31-14-11-26-23(30)19-7-12-27(13-8-19)20-5-9-25-10-6-20/h1-6,9-10,15,19H,7-8,11-14H2,(H,26,30)(H,28,29). The van der Waals surface area contributed by atoms with Crippen molar-refractivity contribution in [1.29, 1.82) is 5.26 Å². The Morgan fingerprint density at radius 3 is 2.68 bits per heavy atom. The first kappa shape index (κ1) is 21.8. The molecule has 0 saturated carbocycles. The molecule has 0 atom stereocenters. The molecule has 0 bridgehead atoms. The minimum atomic E-state index is -1.07. The molecule has 0 radical (unpaired) electrons. The van der Waals surface area contributed by atoms with Crippen molar-refractivity contribution in [2.45, 2.75) is 12.8 Å². The van der Waals surface area contributed by atoms with Gasteiger partial charge in [-0.25, -0.2) is 4.79 Å². The van der Waals surface area contributed by atoms with Gasteiger partial charge in [-0.1, -0.05) is 0 Å². The number of benzene rings is 1. The fourth-order valence-electron chi connectivity index (χ4n) is 3.46. The molecule has 0 spiro atoms. The average Bonchev–Trinajstić information content (AvgIpc) is 2.81. The molecule has 2 N–H and O–H groups in total. The molecule has 0 aliphatic carbocycles. The number of nitrogens with zero attached hydrogens (tertiary/aromatic N) is 3. The minimum absolute atomic E-state index is 0.00903. The molecule has 160 valence electrons. The molecule has 8 nitrogen and oxygen atoms in total. The summed E-state index contributed by atoms with van der Waals surface area (Å²) in [7, 11) is 0. The Kier molecular flexibility index (Phi) is 7.60. The van der Waals surface area contributed by atoms with Crippen molar-refractivity contribution < 1.29 is 19.4 Å². The van der Waals surface area contributed by atoms with E-state index in [4.69, 9.17) is 15.1 Å². The van der Waals surface area contributed by atoms with Crippen LogP contribution in [0.1, 0.15) is 24.0 Å². The normalized spacial score (nSPS) is 14.2. The van der Waals surface area contributed by atoms with Crippen LogP contribution in [0.25, 0.3) is 6.08 Å². The third-order valence-electron chi connectivity index (χ3n) is 5.10. The van der Waals surface area contributed by atoms with E-state index in [-0.39, 0.29) is 18.4 Å². The van der Waals surface area contributed by atoms with Crippen molar-refractivity contribution >= 4 is 23.6 Å². The maximum atomic E-state index is 12.5. The van der Waals surface area contributed by atoms with Crippen LogP contribution in [0.15, 0.2) is 48.8 Å². The van der Waals surface area contributed by atoms with Gasteiger partial charge in [0.05, 0.1) is 18.2 Å². The second-order valence-electron chi connectivity index (χ2n) is 7.14. The molecule has 1 aromatic carbocycles. The van der Waals surface area contributed by atoms with Crippen LogP contribution >= 0.6 is 0 Å². The highest BCUT2D eigenvalue weighted by atomic mass is 16.5. The number of hydrogen-bond donors (Lipinski definition) is 2. The first-order valence-corrected chi connectivity index (χ1v) is 10.1. The first-order valence-electron chi connectivity index (χ1n) is 10.1. The Morgan fingerprint density at radius 2 is 2.00 bits per heavy atom. The number of ether oxygens (including phenoxy) is 1.